The number of nitrogens with one attached hydrogen (secondary N) is 1. The fraction of sp³-hybridized carbons (Fsp3) is 0.500. The second-order valence-corrected chi connectivity index (χ2v) is 5.65. The lowest BCUT2D eigenvalue weighted by molar-refractivity contribution is 0.261. The molecule has 0 amide bonds. The number of likely N-dealkylation sites (tertiary alicyclic amines) is 1. The third kappa shape index (κ3) is 3.01. The van der Waals surface area contributed by atoms with Crippen molar-refractivity contribution in [2.75, 3.05) is 31.2 Å². The molecule has 0 saturated carbocycles. The Labute approximate surface area is 111 Å². The first-order chi connectivity index (χ1) is 7.65. The number of hydrogen-bond donors (Lipinski definition) is 2. The van der Waals surface area contributed by atoms with Gasteiger partial charge in [0.05, 0.1) is 0 Å². The summed E-state index contributed by atoms with van der Waals surface area (Å²) in [7, 11) is 2.18. The van der Waals surface area contributed by atoms with Crippen molar-refractivity contribution < 1.29 is 0 Å². The van der Waals surface area contributed by atoms with E-state index in [9.17, 15) is 0 Å². The molecule has 1 atom stereocenters. The summed E-state index contributed by atoms with van der Waals surface area (Å²) in [5.74, 6) is 0. The molecule has 0 aromatic heterocycles. The van der Waals surface area contributed by atoms with E-state index in [2.05, 4.69) is 45.9 Å². The van der Waals surface area contributed by atoms with Gasteiger partial charge in [-0.05, 0) is 67.2 Å². The highest BCUT2D eigenvalue weighted by atomic mass is 127. The van der Waals surface area contributed by atoms with E-state index in [4.69, 9.17) is 5.73 Å². The first-order valence-corrected chi connectivity index (χ1v) is 6.73. The van der Waals surface area contributed by atoms with Crippen molar-refractivity contribution in [1.29, 1.82) is 0 Å². The molecule has 0 spiro atoms. The number of piperidine rings is 1. The molecule has 4 heteroatoms. The van der Waals surface area contributed by atoms with Crippen LogP contribution in [-0.2, 0) is 0 Å². The Morgan fingerprint density at radius 3 is 3.00 bits per heavy atom. The van der Waals surface area contributed by atoms with E-state index in [-0.39, 0.29) is 0 Å². The van der Waals surface area contributed by atoms with Crippen molar-refractivity contribution in [3.63, 3.8) is 0 Å². The highest BCUT2D eigenvalue weighted by Crippen LogP contribution is 2.23. The van der Waals surface area contributed by atoms with Gasteiger partial charge in [0.1, 0.15) is 0 Å². The third-order valence-electron chi connectivity index (χ3n) is 2.98. The zero-order valence-electron chi connectivity index (χ0n) is 9.54. The molecule has 3 N–H and O–H groups in total. The van der Waals surface area contributed by atoms with Crippen LogP contribution < -0.4 is 11.1 Å². The summed E-state index contributed by atoms with van der Waals surface area (Å²) in [5.41, 5.74) is 7.78. The quantitative estimate of drug-likeness (QED) is 0.646. The number of nitrogen functional groups attached to an aromatic ring is 1. The summed E-state index contributed by atoms with van der Waals surface area (Å²) in [6, 6.07) is 6.61. The number of hydrogen-bond acceptors (Lipinski definition) is 3. The van der Waals surface area contributed by atoms with Crippen molar-refractivity contribution in [2.45, 2.75) is 18.9 Å². The number of nitrogens with two attached hydrogens (primary N) is 1. The maximum atomic E-state index is 5.74. The SMILES string of the molecule is CN1CCCC(Nc2ccc(N)cc2I)C1. The predicted molar refractivity (Wildman–Crippen MR) is 77.7 cm³/mol. The van der Waals surface area contributed by atoms with Gasteiger partial charge in [-0.25, -0.2) is 0 Å². The van der Waals surface area contributed by atoms with Crippen LogP contribution in [0.3, 0.4) is 0 Å². The molecule has 3 nitrogen and oxygen atoms in total. The number of anilines is 2. The molecule has 1 unspecified atom stereocenters. The molecule has 0 bridgehead atoms. The molecule has 2 rings (SSSR count). The van der Waals surface area contributed by atoms with E-state index in [1.807, 2.05) is 12.1 Å². The van der Waals surface area contributed by atoms with Crippen molar-refractivity contribution in [3.05, 3.63) is 21.8 Å². The predicted octanol–water partition coefficient (Wildman–Crippen LogP) is 2.38. The Bertz CT molecular complexity index is 367. The lowest BCUT2D eigenvalue weighted by atomic mass is 10.1. The van der Waals surface area contributed by atoms with Crippen molar-refractivity contribution in [1.82, 2.24) is 4.90 Å². The van der Waals surface area contributed by atoms with Crippen LogP contribution in [0.1, 0.15) is 12.8 Å². The Morgan fingerprint density at radius 1 is 1.50 bits per heavy atom. The van der Waals surface area contributed by atoms with Crippen molar-refractivity contribution >= 4 is 34.0 Å². The Balaban J connectivity index is 2.02. The molecule has 0 radical (unpaired) electrons. The normalized spacial score (nSPS) is 22.0. The minimum absolute atomic E-state index is 0.566. The van der Waals surface area contributed by atoms with Crippen LogP contribution >= 0.6 is 22.6 Å². The van der Waals surface area contributed by atoms with Gasteiger partial charge in [-0.2, -0.15) is 0 Å². The van der Waals surface area contributed by atoms with Crippen LogP contribution in [0.5, 0.6) is 0 Å². The molecule has 1 heterocycles. The molecule has 16 heavy (non-hydrogen) atoms. The second kappa shape index (κ2) is 5.23. The Hall–Kier alpha value is -0.490. The molecular formula is C12H18IN3. The topological polar surface area (TPSA) is 41.3 Å². The van der Waals surface area contributed by atoms with Gasteiger partial charge in [-0.1, -0.05) is 0 Å². The average molecular weight is 331 g/mol. The summed E-state index contributed by atoms with van der Waals surface area (Å²) in [4.78, 5) is 2.38. The van der Waals surface area contributed by atoms with Crippen LogP contribution in [0, 0.1) is 3.57 Å². The maximum Gasteiger partial charge on any atom is 0.0479 e. The van der Waals surface area contributed by atoms with Crippen molar-refractivity contribution in [2.24, 2.45) is 0 Å². The summed E-state index contributed by atoms with van der Waals surface area (Å²) in [5, 5.41) is 3.60. The smallest absolute Gasteiger partial charge is 0.0479 e. The van der Waals surface area contributed by atoms with E-state index in [1.165, 1.54) is 28.6 Å². The van der Waals surface area contributed by atoms with Gasteiger partial charge in [-0.15, -0.1) is 0 Å². The van der Waals surface area contributed by atoms with Gasteiger partial charge < -0.3 is 16.0 Å². The Kier molecular flexibility index (Phi) is 3.91. The van der Waals surface area contributed by atoms with Crippen LogP contribution in [-0.4, -0.2) is 31.1 Å². The number of benzene rings is 1. The van der Waals surface area contributed by atoms with Crippen LogP contribution in [0.2, 0.25) is 0 Å². The third-order valence-corrected chi connectivity index (χ3v) is 3.87. The van der Waals surface area contributed by atoms with E-state index < -0.39 is 0 Å². The zero-order chi connectivity index (χ0) is 11.5. The van der Waals surface area contributed by atoms with Crippen LogP contribution in [0.15, 0.2) is 18.2 Å². The number of rotatable bonds is 2. The molecule has 1 aromatic rings. The lowest BCUT2D eigenvalue weighted by Crippen LogP contribution is -2.39. The van der Waals surface area contributed by atoms with Gasteiger partial charge >= 0.3 is 0 Å². The lowest BCUT2D eigenvalue weighted by Gasteiger charge is -2.31. The molecule has 1 aliphatic rings. The van der Waals surface area contributed by atoms with Gasteiger partial charge in [-0.3, -0.25) is 0 Å². The van der Waals surface area contributed by atoms with E-state index in [1.54, 1.807) is 0 Å². The molecule has 88 valence electrons. The van der Waals surface area contributed by atoms with Gasteiger partial charge in [0.15, 0.2) is 0 Å². The number of likely N-dealkylation sites (N-methyl/N-ethyl adjacent to an activating group) is 1. The maximum absolute atomic E-state index is 5.74. The van der Waals surface area contributed by atoms with E-state index in [0.29, 0.717) is 6.04 Å². The van der Waals surface area contributed by atoms with Gasteiger partial charge in [0.25, 0.3) is 0 Å². The fourth-order valence-electron chi connectivity index (χ4n) is 2.15. The highest BCUT2D eigenvalue weighted by Gasteiger charge is 2.17. The summed E-state index contributed by atoms with van der Waals surface area (Å²) >= 11 is 2.33. The van der Waals surface area contributed by atoms with Crippen molar-refractivity contribution in [3.8, 4) is 0 Å². The zero-order valence-corrected chi connectivity index (χ0v) is 11.7. The average Bonchev–Trinajstić information content (AvgIpc) is 2.22. The van der Waals surface area contributed by atoms with Gasteiger partial charge in [0, 0.05) is 27.5 Å². The molecule has 0 aliphatic carbocycles. The minimum Gasteiger partial charge on any atom is -0.399 e. The van der Waals surface area contributed by atoms with Gasteiger partial charge in [0.2, 0.25) is 0 Å². The number of nitrogens with zero attached hydrogens (tertiary/aromatic N) is 1. The monoisotopic (exact) mass is 331 g/mol. The van der Waals surface area contributed by atoms with Crippen LogP contribution in [0.4, 0.5) is 11.4 Å². The Morgan fingerprint density at radius 2 is 2.31 bits per heavy atom. The summed E-state index contributed by atoms with van der Waals surface area (Å²) < 4.78 is 1.20. The summed E-state index contributed by atoms with van der Waals surface area (Å²) in [6.45, 7) is 2.34. The molecule has 1 fully saturated rings. The standard InChI is InChI=1S/C12H18IN3/c1-16-6-2-3-10(8-16)15-12-5-4-9(14)7-11(12)13/h4-5,7,10,15H,2-3,6,8,14H2,1H3. The van der Waals surface area contributed by atoms with E-state index in [0.717, 1.165) is 12.2 Å². The largest absolute Gasteiger partial charge is 0.399 e. The first-order valence-electron chi connectivity index (χ1n) is 5.65. The molecule has 1 aromatic carbocycles. The van der Waals surface area contributed by atoms with Crippen LogP contribution in [0.25, 0.3) is 0 Å². The highest BCUT2D eigenvalue weighted by molar-refractivity contribution is 14.1. The summed E-state index contributed by atoms with van der Waals surface area (Å²) in [6.07, 6.45) is 2.53. The molecule has 1 aliphatic heterocycles. The fourth-order valence-corrected chi connectivity index (χ4v) is 2.85. The van der Waals surface area contributed by atoms with E-state index >= 15 is 0 Å². The second-order valence-electron chi connectivity index (χ2n) is 4.49. The molecule has 1 saturated heterocycles. The number of halogens is 1. The minimum atomic E-state index is 0.566. The molecular weight excluding hydrogens is 313 g/mol. The first kappa shape index (κ1) is 12.0.